The van der Waals surface area contributed by atoms with E-state index in [0.717, 1.165) is 12.7 Å². The van der Waals surface area contributed by atoms with Gasteiger partial charge in [0.1, 0.15) is 5.69 Å². The third-order valence-electron chi connectivity index (χ3n) is 4.50. The van der Waals surface area contributed by atoms with Gasteiger partial charge in [-0.15, -0.1) is 0 Å². The maximum absolute atomic E-state index is 12.5. The number of hydrogen-bond acceptors (Lipinski definition) is 6. The van der Waals surface area contributed by atoms with Gasteiger partial charge in [-0.05, 0) is 12.5 Å². The van der Waals surface area contributed by atoms with Crippen LogP contribution in [0, 0.1) is 5.92 Å². The molecule has 0 bridgehead atoms. The second-order valence-electron chi connectivity index (χ2n) is 6.16. The van der Waals surface area contributed by atoms with Crippen molar-refractivity contribution in [1.82, 2.24) is 24.4 Å². The molecule has 1 aliphatic carbocycles. The Morgan fingerprint density at radius 1 is 1.42 bits per heavy atom. The number of ether oxygens (including phenoxy) is 1. The van der Waals surface area contributed by atoms with E-state index >= 15 is 0 Å². The second kappa shape index (κ2) is 5.50. The highest BCUT2D eigenvalue weighted by molar-refractivity contribution is 7.88. The fourth-order valence-corrected chi connectivity index (χ4v) is 4.23. The summed E-state index contributed by atoms with van der Waals surface area (Å²) in [5.74, 6) is 0.198. The summed E-state index contributed by atoms with van der Waals surface area (Å²) in [6, 6.07) is 0.985. The van der Waals surface area contributed by atoms with Crippen LogP contribution in [0.2, 0.25) is 0 Å². The summed E-state index contributed by atoms with van der Waals surface area (Å²) in [7, 11) is -3.39. The number of sulfonamides is 1. The summed E-state index contributed by atoms with van der Waals surface area (Å²) >= 11 is 0. The lowest BCUT2D eigenvalue weighted by Gasteiger charge is -2.47. The molecular formula is C14H17N5O4S. The van der Waals surface area contributed by atoms with Crippen molar-refractivity contribution in [3.63, 3.8) is 0 Å². The molecule has 1 saturated heterocycles. The highest BCUT2D eigenvalue weighted by Gasteiger charge is 2.55. The average Bonchev–Trinajstić information content (AvgIpc) is 3.14. The maximum Gasteiger partial charge on any atom is 0.271 e. The van der Waals surface area contributed by atoms with Gasteiger partial charge in [0.05, 0.1) is 24.4 Å². The highest BCUT2D eigenvalue weighted by atomic mass is 32.2. The van der Waals surface area contributed by atoms with Crippen LogP contribution in [-0.4, -0.2) is 59.7 Å². The number of nitrogens with zero attached hydrogens (tertiary/aromatic N) is 3. The standard InChI is InChI=1S/C14H17N5O4S/c1-24(21,22)18-11-10(8-3-6-23-12(8)11)17-13(20)9-7-19-5-2-4-15-14(19)16-9/h2,4-5,7-8,10-12,18H,3,6H2,1H3,(H,17,20)/t8-,10+,11-,12-/m1/s1. The molecule has 0 aromatic carbocycles. The van der Waals surface area contributed by atoms with Crippen LogP contribution >= 0.6 is 0 Å². The minimum Gasteiger partial charge on any atom is -0.376 e. The molecule has 24 heavy (non-hydrogen) atoms. The molecule has 9 nitrogen and oxygen atoms in total. The fourth-order valence-electron chi connectivity index (χ4n) is 3.46. The van der Waals surface area contributed by atoms with E-state index in [1.165, 1.54) is 0 Å². The summed E-state index contributed by atoms with van der Waals surface area (Å²) in [6.07, 6.45) is 6.66. The lowest BCUT2D eigenvalue weighted by atomic mass is 9.72. The largest absolute Gasteiger partial charge is 0.376 e. The van der Waals surface area contributed by atoms with Gasteiger partial charge in [0.25, 0.3) is 5.91 Å². The fraction of sp³-hybridized carbons (Fsp3) is 0.500. The first-order chi connectivity index (χ1) is 11.4. The quantitative estimate of drug-likeness (QED) is 0.743. The zero-order valence-corrected chi connectivity index (χ0v) is 13.7. The molecule has 0 unspecified atom stereocenters. The molecule has 2 aliphatic rings. The Labute approximate surface area is 138 Å². The third kappa shape index (κ3) is 2.66. The van der Waals surface area contributed by atoms with E-state index in [1.54, 1.807) is 29.1 Å². The predicted molar refractivity (Wildman–Crippen MR) is 83.9 cm³/mol. The van der Waals surface area contributed by atoms with Gasteiger partial charge < -0.3 is 10.1 Å². The van der Waals surface area contributed by atoms with Gasteiger partial charge in [-0.1, -0.05) is 0 Å². The Kier molecular flexibility index (Phi) is 3.55. The van der Waals surface area contributed by atoms with Crippen LogP contribution in [0.1, 0.15) is 16.9 Å². The Morgan fingerprint density at radius 2 is 2.25 bits per heavy atom. The molecule has 1 amide bonds. The van der Waals surface area contributed by atoms with Crippen molar-refractivity contribution in [3.8, 4) is 0 Å². The van der Waals surface area contributed by atoms with Crippen LogP contribution < -0.4 is 10.0 Å². The Balaban J connectivity index is 1.53. The molecular weight excluding hydrogens is 334 g/mol. The lowest BCUT2D eigenvalue weighted by molar-refractivity contribution is -0.0194. The third-order valence-corrected chi connectivity index (χ3v) is 5.20. The summed E-state index contributed by atoms with van der Waals surface area (Å²) in [5.41, 5.74) is 0.245. The molecule has 4 rings (SSSR count). The summed E-state index contributed by atoms with van der Waals surface area (Å²) < 4.78 is 32.9. The lowest BCUT2D eigenvalue weighted by Crippen LogP contribution is -2.70. The molecule has 10 heteroatoms. The number of amides is 1. The maximum atomic E-state index is 12.5. The second-order valence-corrected chi connectivity index (χ2v) is 7.94. The van der Waals surface area contributed by atoms with Crippen molar-refractivity contribution in [2.75, 3.05) is 12.9 Å². The zero-order chi connectivity index (χ0) is 16.9. The van der Waals surface area contributed by atoms with E-state index in [9.17, 15) is 13.2 Å². The zero-order valence-electron chi connectivity index (χ0n) is 12.9. The Bertz CT molecular complexity index is 862. The summed E-state index contributed by atoms with van der Waals surface area (Å²) in [6.45, 7) is 0.571. The molecule has 2 N–H and O–H groups in total. The van der Waals surface area contributed by atoms with Crippen LogP contribution in [0.3, 0.4) is 0 Å². The molecule has 0 spiro atoms. The first-order valence-electron chi connectivity index (χ1n) is 7.62. The van der Waals surface area contributed by atoms with Crippen molar-refractivity contribution < 1.29 is 17.9 Å². The molecule has 0 radical (unpaired) electrons. The number of nitrogens with one attached hydrogen (secondary N) is 2. The van der Waals surface area contributed by atoms with Crippen molar-refractivity contribution >= 4 is 21.7 Å². The number of hydrogen-bond donors (Lipinski definition) is 2. The van der Waals surface area contributed by atoms with Crippen LogP contribution in [0.5, 0.6) is 0 Å². The smallest absolute Gasteiger partial charge is 0.271 e. The number of fused-ring (bicyclic) bond motifs is 2. The molecule has 3 heterocycles. The van der Waals surface area contributed by atoms with Crippen LogP contribution in [-0.2, 0) is 14.8 Å². The first kappa shape index (κ1) is 15.5. The molecule has 2 fully saturated rings. The highest BCUT2D eigenvalue weighted by Crippen LogP contribution is 2.39. The number of rotatable bonds is 4. The average molecular weight is 351 g/mol. The molecule has 128 valence electrons. The van der Waals surface area contributed by atoms with Crippen LogP contribution in [0.4, 0.5) is 0 Å². The van der Waals surface area contributed by atoms with E-state index in [0.29, 0.717) is 12.4 Å². The summed E-state index contributed by atoms with van der Waals surface area (Å²) in [4.78, 5) is 20.7. The Hall–Kier alpha value is -2.04. The SMILES string of the molecule is CS(=O)(=O)N[C@@H]1[C@@H](NC(=O)c2cn3cccnc3n2)[C@H]2CCO[C@H]21. The van der Waals surface area contributed by atoms with Crippen molar-refractivity contribution in [1.29, 1.82) is 0 Å². The van der Waals surface area contributed by atoms with E-state index in [2.05, 4.69) is 20.0 Å². The van der Waals surface area contributed by atoms with Crippen molar-refractivity contribution in [3.05, 3.63) is 30.4 Å². The topological polar surface area (TPSA) is 115 Å². The Morgan fingerprint density at radius 3 is 3.00 bits per heavy atom. The number of carbonyl (C=O) groups excluding carboxylic acids is 1. The van der Waals surface area contributed by atoms with E-state index in [-0.39, 0.29) is 29.7 Å². The van der Waals surface area contributed by atoms with Gasteiger partial charge in [0.15, 0.2) is 0 Å². The van der Waals surface area contributed by atoms with Gasteiger partial charge in [0.2, 0.25) is 15.8 Å². The van der Waals surface area contributed by atoms with E-state index in [1.807, 2.05) is 0 Å². The number of carbonyl (C=O) groups is 1. The number of imidazole rings is 1. The summed E-state index contributed by atoms with van der Waals surface area (Å²) in [5, 5.41) is 2.89. The van der Waals surface area contributed by atoms with E-state index in [4.69, 9.17) is 4.74 Å². The van der Waals surface area contributed by atoms with Gasteiger partial charge in [0, 0.05) is 31.1 Å². The minimum absolute atomic E-state index is 0.114. The van der Waals surface area contributed by atoms with Crippen LogP contribution in [0.15, 0.2) is 24.7 Å². The van der Waals surface area contributed by atoms with Gasteiger partial charge in [-0.3, -0.25) is 9.20 Å². The first-order valence-corrected chi connectivity index (χ1v) is 9.51. The predicted octanol–water partition coefficient (Wildman–Crippen LogP) is -0.836. The molecule has 1 aliphatic heterocycles. The molecule has 2 aromatic rings. The van der Waals surface area contributed by atoms with Gasteiger partial charge in [-0.25, -0.2) is 23.1 Å². The van der Waals surface area contributed by atoms with E-state index < -0.39 is 16.1 Å². The van der Waals surface area contributed by atoms with Crippen LogP contribution in [0.25, 0.3) is 5.78 Å². The number of aromatic nitrogens is 3. The molecule has 2 aromatic heterocycles. The van der Waals surface area contributed by atoms with Crippen molar-refractivity contribution in [2.45, 2.75) is 24.6 Å². The van der Waals surface area contributed by atoms with Gasteiger partial charge >= 0.3 is 0 Å². The monoisotopic (exact) mass is 351 g/mol. The van der Waals surface area contributed by atoms with Crippen molar-refractivity contribution in [2.24, 2.45) is 5.92 Å². The normalized spacial score (nSPS) is 29.2. The molecule has 4 atom stereocenters. The minimum atomic E-state index is -3.39. The molecule has 1 saturated carbocycles. The van der Waals surface area contributed by atoms with Gasteiger partial charge in [-0.2, -0.15) is 0 Å².